The molecule has 0 aliphatic carbocycles. The first-order valence-corrected chi connectivity index (χ1v) is 12.2. The molecule has 0 saturated heterocycles. The predicted molar refractivity (Wildman–Crippen MR) is 139 cm³/mol. The van der Waals surface area contributed by atoms with Gasteiger partial charge in [-0.2, -0.15) is 0 Å². The summed E-state index contributed by atoms with van der Waals surface area (Å²) in [5, 5.41) is 9.04. The predicted octanol–water partition coefficient (Wildman–Crippen LogP) is 7.00. The molecule has 6 nitrogen and oxygen atoms in total. The average molecular weight is 551 g/mol. The number of aliphatic carboxylic acids is 1. The van der Waals surface area contributed by atoms with Gasteiger partial charge < -0.3 is 19.1 Å². The lowest BCUT2D eigenvalue weighted by Gasteiger charge is -2.15. The number of hydrogen-bond donors (Lipinski definition) is 1. The van der Waals surface area contributed by atoms with Gasteiger partial charge >= 0.3 is 12.3 Å². The SMILES string of the molecule is O=C(O)Cc1ccc(F)c(OCc2ccccc2Cn2c(-c3ccc(OC(F)(F)F)cc3)nc3ccccc32)c1. The highest BCUT2D eigenvalue weighted by Gasteiger charge is 2.31. The Balaban J connectivity index is 1.45. The van der Waals surface area contributed by atoms with E-state index in [1.165, 1.54) is 42.5 Å². The van der Waals surface area contributed by atoms with E-state index in [1.807, 2.05) is 53.1 Å². The fourth-order valence-corrected chi connectivity index (χ4v) is 4.38. The van der Waals surface area contributed by atoms with Crippen molar-refractivity contribution >= 4 is 17.0 Å². The van der Waals surface area contributed by atoms with Gasteiger partial charge in [0.05, 0.1) is 24.0 Å². The second kappa shape index (κ2) is 11.1. The van der Waals surface area contributed by atoms with Crippen molar-refractivity contribution in [2.24, 2.45) is 0 Å². The van der Waals surface area contributed by atoms with Gasteiger partial charge in [-0.15, -0.1) is 13.2 Å². The molecule has 0 atom stereocenters. The minimum Gasteiger partial charge on any atom is -0.486 e. The Morgan fingerprint density at radius 3 is 2.33 bits per heavy atom. The number of aromatic nitrogens is 2. The third-order valence-corrected chi connectivity index (χ3v) is 6.18. The molecule has 0 unspecified atom stereocenters. The van der Waals surface area contributed by atoms with Crippen LogP contribution in [0.25, 0.3) is 22.4 Å². The van der Waals surface area contributed by atoms with Crippen LogP contribution in [0.5, 0.6) is 11.5 Å². The number of carbonyl (C=O) groups is 1. The molecule has 4 aromatic carbocycles. The molecule has 0 spiro atoms. The number of hydrogen-bond acceptors (Lipinski definition) is 4. The van der Waals surface area contributed by atoms with Crippen molar-refractivity contribution in [2.75, 3.05) is 0 Å². The number of para-hydroxylation sites is 2. The molecule has 0 aliphatic heterocycles. The van der Waals surface area contributed by atoms with Crippen LogP contribution in [0.4, 0.5) is 17.6 Å². The normalized spacial score (nSPS) is 11.5. The summed E-state index contributed by atoms with van der Waals surface area (Å²) in [6.07, 6.45) is -5.05. The molecule has 10 heteroatoms. The number of rotatable bonds is 9. The first-order valence-electron chi connectivity index (χ1n) is 12.2. The van der Waals surface area contributed by atoms with Crippen molar-refractivity contribution in [1.82, 2.24) is 9.55 Å². The van der Waals surface area contributed by atoms with Gasteiger partial charge in [-0.25, -0.2) is 9.37 Å². The molecule has 0 aliphatic rings. The van der Waals surface area contributed by atoms with Gasteiger partial charge in [0.15, 0.2) is 11.6 Å². The van der Waals surface area contributed by atoms with Crippen LogP contribution < -0.4 is 9.47 Å². The van der Waals surface area contributed by atoms with Crippen LogP contribution in [-0.2, 0) is 24.4 Å². The van der Waals surface area contributed by atoms with Gasteiger partial charge in [-0.1, -0.05) is 42.5 Å². The Labute approximate surface area is 226 Å². The number of imidazole rings is 1. The molecule has 1 aromatic heterocycles. The van der Waals surface area contributed by atoms with E-state index in [4.69, 9.17) is 14.8 Å². The van der Waals surface area contributed by atoms with Crippen molar-refractivity contribution < 1.29 is 36.9 Å². The minimum absolute atomic E-state index is 0.0229. The van der Waals surface area contributed by atoms with Crippen molar-refractivity contribution in [3.63, 3.8) is 0 Å². The lowest BCUT2D eigenvalue weighted by atomic mass is 10.1. The Morgan fingerprint density at radius 1 is 0.900 bits per heavy atom. The van der Waals surface area contributed by atoms with Gasteiger partial charge in [0.25, 0.3) is 0 Å². The standard InChI is InChI=1S/C30H22F4N2O4/c31-24-14-9-19(16-28(37)38)15-27(24)39-18-22-6-2-1-5-21(22)17-36-26-8-4-3-7-25(26)35-29(36)20-10-12-23(13-11-20)40-30(32,33)34/h1-15H,16-18H2,(H,37,38). The van der Waals surface area contributed by atoms with Crippen LogP contribution in [0.1, 0.15) is 16.7 Å². The highest BCUT2D eigenvalue weighted by molar-refractivity contribution is 5.81. The van der Waals surface area contributed by atoms with Gasteiger partial charge in [0.1, 0.15) is 18.2 Å². The van der Waals surface area contributed by atoms with E-state index in [9.17, 15) is 22.4 Å². The van der Waals surface area contributed by atoms with Crippen LogP contribution in [0.15, 0.2) is 91.0 Å². The molecule has 1 heterocycles. The summed E-state index contributed by atoms with van der Waals surface area (Å²) in [6.45, 7) is 0.368. The van der Waals surface area contributed by atoms with Gasteiger partial charge in [0, 0.05) is 5.56 Å². The summed E-state index contributed by atoms with van der Waals surface area (Å²) in [5.74, 6) is -1.48. The quantitative estimate of drug-likeness (QED) is 0.200. The summed E-state index contributed by atoms with van der Waals surface area (Å²) in [5.41, 5.74) is 4.15. The number of ether oxygens (including phenoxy) is 2. The topological polar surface area (TPSA) is 73.6 Å². The molecule has 5 rings (SSSR count). The van der Waals surface area contributed by atoms with Crippen LogP contribution in [0.3, 0.4) is 0 Å². The van der Waals surface area contributed by atoms with E-state index in [1.54, 1.807) is 0 Å². The van der Waals surface area contributed by atoms with Crippen LogP contribution >= 0.6 is 0 Å². The fraction of sp³-hybridized carbons (Fsp3) is 0.133. The van der Waals surface area contributed by atoms with Crippen molar-refractivity contribution in [1.29, 1.82) is 0 Å². The number of nitrogens with zero attached hydrogens (tertiary/aromatic N) is 2. The van der Waals surface area contributed by atoms with Gasteiger partial charge in [-0.05, 0) is 65.2 Å². The maximum absolute atomic E-state index is 14.4. The number of fused-ring (bicyclic) bond motifs is 1. The molecule has 0 saturated carbocycles. The second-order valence-corrected chi connectivity index (χ2v) is 8.98. The lowest BCUT2D eigenvalue weighted by Crippen LogP contribution is -2.17. The minimum atomic E-state index is -4.79. The highest BCUT2D eigenvalue weighted by Crippen LogP contribution is 2.30. The lowest BCUT2D eigenvalue weighted by molar-refractivity contribution is -0.274. The number of benzene rings is 4. The largest absolute Gasteiger partial charge is 0.573 e. The van der Waals surface area contributed by atoms with Crippen LogP contribution in [0, 0.1) is 5.82 Å². The average Bonchev–Trinajstić information content (AvgIpc) is 3.27. The molecule has 5 aromatic rings. The molecule has 0 amide bonds. The third-order valence-electron chi connectivity index (χ3n) is 6.18. The number of carboxylic acid groups (broad SMARTS) is 1. The van der Waals surface area contributed by atoms with E-state index >= 15 is 0 Å². The zero-order valence-corrected chi connectivity index (χ0v) is 20.9. The monoisotopic (exact) mass is 550 g/mol. The van der Waals surface area contributed by atoms with E-state index in [0.29, 0.717) is 29.0 Å². The summed E-state index contributed by atoms with van der Waals surface area (Å²) in [4.78, 5) is 15.8. The van der Waals surface area contributed by atoms with Crippen molar-refractivity contribution in [2.45, 2.75) is 25.9 Å². The molecular formula is C30H22F4N2O4. The summed E-state index contributed by atoms with van der Waals surface area (Å²) in [7, 11) is 0. The molecule has 40 heavy (non-hydrogen) atoms. The summed E-state index contributed by atoms with van der Waals surface area (Å²) >= 11 is 0. The Kier molecular flexibility index (Phi) is 7.41. The maximum atomic E-state index is 14.4. The summed E-state index contributed by atoms with van der Waals surface area (Å²) in [6, 6.07) is 24.3. The van der Waals surface area contributed by atoms with Crippen LogP contribution in [-0.4, -0.2) is 27.0 Å². The zero-order valence-electron chi connectivity index (χ0n) is 20.9. The van der Waals surface area contributed by atoms with E-state index < -0.39 is 18.1 Å². The van der Waals surface area contributed by atoms with E-state index in [2.05, 4.69) is 4.74 Å². The first-order chi connectivity index (χ1) is 19.2. The number of alkyl halides is 3. The smallest absolute Gasteiger partial charge is 0.486 e. The number of carboxylic acids is 1. The van der Waals surface area contributed by atoms with E-state index in [0.717, 1.165) is 16.6 Å². The molecule has 0 fully saturated rings. The molecular weight excluding hydrogens is 528 g/mol. The van der Waals surface area contributed by atoms with Gasteiger partial charge in [0.2, 0.25) is 0 Å². The van der Waals surface area contributed by atoms with Crippen molar-refractivity contribution in [3.05, 3.63) is 114 Å². The molecule has 0 radical (unpaired) electrons. The maximum Gasteiger partial charge on any atom is 0.573 e. The zero-order chi connectivity index (χ0) is 28.3. The second-order valence-electron chi connectivity index (χ2n) is 8.98. The fourth-order valence-electron chi connectivity index (χ4n) is 4.38. The summed E-state index contributed by atoms with van der Waals surface area (Å²) < 4.78 is 64.0. The first kappa shape index (κ1) is 26.7. The molecule has 204 valence electrons. The Morgan fingerprint density at radius 2 is 1.60 bits per heavy atom. The van der Waals surface area contributed by atoms with Crippen molar-refractivity contribution in [3.8, 4) is 22.9 Å². The number of halogens is 4. The Bertz CT molecular complexity index is 1660. The van der Waals surface area contributed by atoms with Crippen LogP contribution in [0.2, 0.25) is 0 Å². The third kappa shape index (κ3) is 6.23. The van der Waals surface area contributed by atoms with E-state index in [-0.39, 0.29) is 24.5 Å². The molecule has 0 bridgehead atoms. The Hall–Kier alpha value is -4.86. The molecule has 1 N–H and O–H groups in total. The highest BCUT2D eigenvalue weighted by atomic mass is 19.4. The van der Waals surface area contributed by atoms with Gasteiger partial charge in [-0.3, -0.25) is 4.79 Å².